The van der Waals surface area contributed by atoms with Crippen molar-refractivity contribution >= 4 is 40.3 Å². The lowest BCUT2D eigenvalue weighted by atomic mass is 10.2. The van der Waals surface area contributed by atoms with Crippen LogP contribution in [0.5, 0.6) is 0 Å². The Morgan fingerprint density at radius 1 is 0.926 bits per heavy atom. The summed E-state index contributed by atoms with van der Waals surface area (Å²) in [6, 6.07) is 9.98. The van der Waals surface area contributed by atoms with Gasteiger partial charge in [0.05, 0.1) is 5.56 Å². The number of alkyl halides is 3. The van der Waals surface area contributed by atoms with Crippen LogP contribution in [-0.4, -0.2) is 9.97 Å². The summed E-state index contributed by atoms with van der Waals surface area (Å²) in [6.45, 7) is 1.89. The zero-order chi connectivity index (χ0) is 19.6. The highest BCUT2D eigenvalue weighted by Crippen LogP contribution is 2.32. The standard InChI is InChI=1S/C18H15ClF3N5/c1-10-2-5-13(8-14(10)19)27-17-15(23)16(24-9-25-17)26-12-6-3-11(4-7-12)18(20,21)22/h2-9H,23H2,1H3,(H2,24,25,26,27). The van der Waals surface area contributed by atoms with Gasteiger partial charge in [-0.05, 0) is 48.9 Å². The van der Waals surface area contributed by atoms with Crippen LogP contribution in [0.1, 0.15) is 11.1 Å². The Morgan fingerprint density at radius 3 is 2.04 bits per heavy atom. The highest BCUT2D eigenvalue weighted by atomic mass is 35.5. The van der Waals surface area contributed by atoms with Crippen molar-refractivity contribution in [3.05, 3.63) is 64.9 Å². The number of nitrogens with zero attached hydrogens (tertiary/aromatic N) is 2. The van der Waals surface area contributed by atoms with Crippen LogP contribution >= 0.6 is 11.6 Å². The molecule has 9 heteroatoms. The largest absolute Gasteiger partial charge is 0.416 e. The zero-order valence-electron chi connectivity index (χ0n) is 14.1. The average molecular weight is 394 g/mol. The van der Waals surface area contributed by atoms with Crippen LogP contribution in [0.3, 0.4) is 0 Å². The summed E-state index contributed by atoms with van der Waals surface area (Å²) in [4.78, 5) is 8.14. The van der Waals surface area contributed by atoms with Gasteiger partial charge in [-0.1, -0.05) is 17.7 Å². The number of rotatable bonds is 4. The van der Waals surface area contributed by atoms with Gasteiger partial charge in [-0.3, -0.25) is 0 Å². The molecule has 0 spiro atoms. The molecule has 0 atom stereocenters. The first-order valence-corrected chi connectivity index (χ1v) is 8.20. The second-order valence-electron chi connectivity index (χ2n) is 5.77. The smallest absolute Gasteiger partial charge is 0.393 e. The fourth-order valence-corrected chi connectivity index (χ4v) is 2.46. The third kappa shape index (κ3) is 4.40. The molecule has 1 aromatic heterocycles. The van der Waals surface area contributed by atoms with E-state index in [-0.39, 0.29) is 11.5 Å². The van der Waals surface area contributed by atoms with Crippen molar-refractivity contribution in [2.75, 3.05) is 16.4 Å². The van der Waals surface area contributed by atoms with Gasteiger partial charge in [-0.2, -0.15) is 13.2 Å². The van der Waals surface area contributed by atoms with Gasteiger partial charge in [0.2, 0.25) is 0 Å². The number of hydrogen-bond donors (Lipinski definition) is 3. The predicted molar refractivity (Wildman–Crippen MR) is 101 cm³/mol. The lowest BCUT2D eigenvalue weighted by Gasteiger charge is -2.13. The third-order valence-corrected chi connectivity index (χ3v) is 4.20. The highest BCUT2D eigenvalue weighted by Gasteiger charge is 2.29. The second kappa shape index (κ2) is 7.32. The van der Waals surface area contributed by atoms with E-state index in [9.17, 15) is 13.2 Å². The molecule has 0 aliphatic carbocycles. The van der Waals surface area contributed by atoms with E-state index in [1.165, 1.54) is 18.5 Å². The number of anilines is 5. The molecular weight excluding hydrogens is 379 g/mol. The fourth-order valence-electron chi connectivity index (χ4n) is 2.28. The Balaban J connectivity index is 1.81. The van der Waals surface area contributed by atoms with E-state index in [0.29, 0.717) is 22.2 Å². The molecule has 0 saturated heterocycles. The van der Waals surface area contributed by atoms with E-state index in [1.54, 1.807) is 6.07 Å². The van der Waals surface area contributed by atoms with Gasteiger partial charge in [0.15, 0.2) is 11.6 Å². The first-order chi connectivity index (χ1) is 12.7. The number of nitrogens with two attached hydrogens (primary N) is 1. The fraction of sp³-hybridized carbons (Fsp3) is 0.111. The Kier molecular flexibility index (Phi) is 5.09. The van der Waals surface area contributed by atoms with Crippen LogP contribution in [0.2, 0.25) is 5.02 Å². The van der Waals surface area contributed by atoms with Gasteiger partial charge < -0.3 is 16.4 Å². The minimum atomic E-state index is -4.39. The van der Waals surface area contributed by atoms with Gasteiger partial charge in [-0.25, -0.2) is 9.97 Å². The normalized spacial score (nSPS) is 11.3. The van der Waals surface area contributed by atoms with Gasteiger partial charge >= 0.3 is 6.18 Å². The number of nitrogen functional groups attached to an aromatic ring is 1. The van der Waals surface area contributed by atoms with Crippen molar-refractivity contribution < 1.29 is 13.2 Å². The lowest BCUT2D eigenvalue weighted by molar-refractivity contribution is -0.137. The SMILES string of the molecule is Cc1ccc(Nc2ncnc(Nc3ccc(C(F)(F)F)cc3)c2N)cc1Cl. The van der Waals surface area contributed by atoms with Crippen molar-refractivity contribution in [2.45, 2.75) is 13.1 Å². The van der Waals surface area contributed by atoms with Crippen molar-refractivity contribution in [3.8, 4) is 0 Å². The summed E-state index contributed by atoms with van der Waals surface area (Å²) in [6.07, 6.45) is -3.10. The molecular formula is C18H15ClF3N5. The van der Waals surface area contributed by atoms with Crippen molar-refractivity contribution in [1.82, 2.24) is 9.97 Å². The number of benzene rings is 2. The van der Waals surface area contributed by atoms with E-state index in [1.807, 2.05) is 19.1 Å². The summed E-state index contributed by atoms with van der Waals surface area (Å²) >= 11 is 6.11. The Labute approximate surface area is 158 Å². The van der Waals surface area contributed by atoms with Gasteiger partial charge in [0.1, 0.15) is 12.0 Å². The summed E-state index contributed by atoms with van der Waals surface area (Å²) in [7, 11) is 0. The van der Waals surface area contributed by atoms with Gasteiger partial charge in [0.25, 0.3) is 0 Å². The molecule has 0 unspecified atom stereocenters. The molecule has 0 amide bonds. The molecule has 0 saturated carbocycles. The maximum Gasteiger partial charge on any atom is 0.416 e. The topological polar surface area (TPSA) is 75.9 Å². The predicted octanol–water partition coefficient (Wildman–Crippen LogP) is 5.53. The number of hydrogen-bond acceptors (Lipinski definition) is 5. The molecule has 0 fully saturated rings. The van der Waals surface area contributed by atoms with E-state index < -0.39 is 11.7 Å². The third-order valence-electron chi connectivity index (χ3n) is 3.79. The van der Waals surface area contributed by atoms with Gasteiger partial charge in [0, 0.05) is 16.4 Å². The zero-order valence-corrected chi connectivity index (χ0v) is 14.9. The van der Waals surface area contributed by atoms with E-state index in [2.05, 4.69) is 20.6 Å². The Bertz CT molecular complexity index is 958. The van der Waals surface area contributed by atoms with Crippen LogP contribution in [0.4, 0.5) is 41.9 Å². The van der Waals surface area contributed by atoms with E-state index >= 15 is 0 Å². The van der Waals surface area contributed by atoms with Crippen LogP contribution in [-0.2, 0) is 6.18 Å². The molecule has 0 bridgehead atoms. The molecule has 27 heavy (non-hydrogen) atoms. The number of aromatic nitrogens is 2. The summed E-state index contributed by atoms with van der Waals surface area (Å²) in [5.41, 5.74) is 7.60. The van der Waals surface area contributed by atoms with Crippen LogP contribution in [0.15, 0.2) is 48.8 Å². The monoisotopic (exact) mass is 393 g/mol. The average Bonchev–Trinajstić information content (AvgIpc) is 2.61. The molecule has 0 radical (unpaired) electrons. The molecule has 1 heterocycles. The molecule has 4 N–H and O–H groups in total. The second-order valence-corrected chi connectivity index (χ2v) is 6.18. The summed E-state index contributed by atoms with van der Waals surface area (Å²) in [5, 5.41) is 6.53. The number of nitrogens with one attached hydrogen (secondary N) is 2. The highest BCUT2D eigenvalue weighted by molar-refractivity contribution is 6.31. The first-order valence-electron chi connectivity index (χ1n) is 7.82. The summed E-state index contributed by atoms with van der Waals surface area (Å²) in [5.74, 6) is 0.616. The molecule has 0 aliphatic heterocycles. The van der Waals surface area contributed by atoms with Crippen LogP contribution < -0.4 is 16.4 Å². The van der Waals surface area contributed by atoms with Crippen molar-refractivity contribution in [1.29, 1.82) is 0 Å². The molecule has 0 aliphatic rings. The number of aryl methyl sites for hydroxylation is 1. The first kappa shape index (κ1) is 18.8. The molecule has 3 rings (SSSR count). The van der Waals surface area contributed by atoms with Crippen molar-refractivity contribution in [2.24, 2.45) is 0 Å². The molecule has 140 valence electrons. The van der Waals surface area contributed by atoms with Crippen LogP contribution in [0.25, 0.3) is 0 Å². The molecule has 2 aromatic carbocycles. The minimum absolute atomic E-state index is 0.217. The lowest BCUT2D eigenvalue weighted by Crippen LogP contribution is -2.06. The quantitative estimate of drug-likeness (QED) is 0.543. The Hall–Kier alpha value is -3.00. The molecule has 5 nitrogen and oxygen atoms in total. The minimum Gasteiger partial charge on any atom is -0.393 e. The number of halogens is 4. The van der Waals surface area contributed by atoms with E-state index in [0.717, 1.165) is 17.7 Å². The van der Waals surface area contributed by atoms with E-state index in [4.69, 9.17) is 17.3 Å². The van der Waals surface area contributed by atoms with Gasteiger partial charge in [-0.15, -0.1) is 0 Å². The maximum atomic E-state index is 12.6. The molecule has 3 aromatic rings. The Morgan fingerprint density at radius 2 is 1.48 bits per heavy atom. The van der Waals surface area contributed by atoms with Crippen molar-refractivity contribution in [3.63, 3.8) is 0 Å². The maximum absolute atomic E-state index is 12.6. The van der Waals surface area contributed by atoms with Crippen LogP contribution in [0, 0.1) is 6.92 Å². The summed E-state index contributed by atoms with van der Waals surface area (Å²) < 4.78 is 37.9.